The summed E-state index contributed by atoms with van der Waals surface area (Å²) in [5.74, 6) is -0.375. The van der Waals surface area contributed by atoms with Gasteiger partial charge in [0, 0.05) is 46.9 Å². The van der Waals surface area contributed by atoms with Gasteiger partial charge in [-0.2, -0.15) is 0 Å². The van der Waals surface area contributed by atoms with Gasteiger partial charge >= 0.3 is 0 Å². The second-order valence-corrected chi connectivity index (χ2v) is 4.74. The van der Waals surface area contributed by atoms with Crippen LogP contribution < -0.4 is 0 Å². The van der Waals surface area contributed by atoms with Gasteiger partial charge < -0.3 is 0 Å². The maximum absolute atomic E-state index is 10.0. The van der Waals surface area contributed by atoms with E-state index in [2.05, 4.69) is 0 Å². The Kier molecular flexibility index (Phi) is 25.0. The first-order valence-corrected chi connectivity index (χ1v) is 6.35. The van der Waals surface area contributed by atoms with Crippen molar-refractivity contribution in [1.29, 1.82) is 0 Å². The van der Waals surface area contributed by atoms with E-state index in [9.17, 15) is 28.8 Å². The van der Waals surface area contributed by atoms with Gasteiger partial charge in [-0.25, -0.2) is 0 Å². The topological polar surface area (TPSA) is 102 Å². The zero-order valence-corrected chi connectivity index (χ0v) is 15.6. The van der Waals surface area contributed by atoms with Crippen LogP contribution in [0.2, 0.25) is 0 Å². The summed E-state index contributed by atoms with van der Waals surface area (Å²) in [6.45, 7) is 8.42. The van der Waals surface area contributed by atoms with Gasteiger partial charge in [0.25, 0.3) is 0 Å². The van der Waals surface area contributed by atoms with Gasteiger partial charge in [-0.05, 0) is 41.5 Å². The van der Waals surface area contributed by atoms with Gasteiger partial charge in [0.15, 0.2) is 0 Å². The maximum atomic E-state index is 10.0. The number of carbonyl (C=O) groups is 6. The van der Waals surface area contributed by atoms with Gasteiger partial charge in [0.05, 0.1) is 19.3 Å². The van der Waals surface area contributed by atoms with Crippen molar-refractivity contribution in [3.63, 3.8) is 0 Å². The molecule has 0 spiro atoms. The average molecular weight is 473 g/mol. The van der Waals surface area contributed by atoms with Gasteiger partial charge in [-0.15, -0.1) is 0 Å². The second-order valence-electron chi connectivity index (χ2n) is 4.74. The van der Waals surface area contributed by atoms with E-state index < -0.39 is 0 Å². The standard InChI is InChI=1S/3C5H8O2.Yb/c3*1-4(6)3-5(2)7;/h3*3H2,1-2H3;. The molecule has 0 aromatic heterocycles. The molecule has 0 fully saturated rings. The minimum atomic E-state index is -0.0625. The van der Waals surface area contributed by atoms with Crippen molar-refractivity contribution >= 4 is 34.7 Å². The molecule has 0 aliphatic heterocycles. The smallest absolute Gasteiger partial charge is 0.137 e. The van der Waals surface area contributed by atoms with Crippen LogP contribution in [0.5, 0.6) is 0 Å². The molecule has 0 aliphatic rings. The average Bonchev–Trinajstić information content (AvgIpc) is 2.10. The van der Waals surface area contributed by atoms with Crippen LogP contribution in [-0.4, -0.2) is 34.7 Å². The van der Waals surface area contributed by atoms with Crippen molar-refractivity contribution in [2.45, 2.75) is 60.8 Å². The van der Waals surface area contributed by atoms with Gasteiger partial charge in [0.2, 0.25) is 0 Å². The molecule has 0 bridgehead atoms. The third-order valence-electron chi connectivity index (χ3n) is 1.49. The van der Waals surface area contributed by atoms with Crippen LogP contribution in [0.3, 0.4) is 0 Å². The molecule has 7 heteroatoms. The van der Waals surface area contributed by atoms with Gasteiger partial charge in [-0.1, -0.05) is 0 Å². The maximum Gasteiger partial charge on any atom is 0.137 e. The fraction of sp³-hybridized carbons (Fsp3) is 0.600. The van der Waals surface area contributed by atoms with Crippen LogP contribution in [0, 0.1) is 46.9 Å². The number of hydrogen-bond acceptors (Lipinski definition) is 6. The summed E-state index contributed by atoms with van der Waals surface area (Å²) in [5, 5.41) is 0. The first kappa shape index (κ1) is 29.5. The van der Waals surface area contributed by atoms with E-state index in [1.54, 1.807) is 0 Å². The largest absolute Gasteiger partial charge is 0.300 e. The molecular formula is C15H24O6Yb. The van der Waals surface area contributed by atoms with Gasteiger partial charge in [-0.3, -0.25) is 28.8 Å². The Bertz CT molecular complexity index is 314. The number of hydrogen-bond donors (Lipinski definition) is 0. The van der Waals surface area contributed by atoms with Crippen LogP contribution in [0.4, 0.5) is 0 Å². The molecule has 0 aromatic carbocycles. The Morgan fingerprint density at radius 3 is 0.500 bits per heavy atom. The zero-order chi connectivity index (χ0) is 17.6. The van der Waals surface area contributed by atoms with E-state index >= 15 is 0 Å². The Balaban J connectivity index is -0.000000108. The van der Waals surface area contributed by atoms with E-state index in [1.807, 2.05) is 0 Å². The predicted octanol–water partition coefficient (Wildman–Crippen LogP) is 1.66. The minimum absolute atomic E-state index is 0. The Morgan fingerprint density at radius 1 is 0.409 bits per heavy atom. The summed E-state index contributed by atoms with van der Waals surface area (Å²) in [7, 11) is 0. The molecule has 0 N–H and O–H groups in total. The monoisotopic (exact) mass is 474 g/mol. The molecular weight excluding hydrogens is 449 g/mol. The van der Waals surface area contributed by atoms with Crippen molar-refractivity contribution in [3.05, 3.63) is 0 Å². The first-order chi connectivity index (χ1) is 9.38. The third kappa shape index (κ3) is 50.4. The molecule has 6 nitrogen and oxygen atoms in total. The summed E-state index contributed by atoms with van der Waals surface area (Å²) in [5.41, 5.74) is 0. The molecule has 0 amide bonds. The summed E-state index contributed by atoms with van der Waals surface area (Å²) >= 11 is 0. The molecule has 0 aromatic rings. The number of Topliss-reactive ketones (excluding diaryl/α,β-unsaturated/α-hetero) is 6. The SMILES string of the molecule is CC(=O)CC(C)=O.CC(=O)CC(C)=O.CC(=O)CC(C)=O.[Yb]. The third-order valence-corrected chi connectivity index (χ3v) is 1.49. The number of rotatable bonds is 6. The van der Waals surface area contributed by atoms with E-state index in [0.29, 0.717) is 0 Å². The Morgan fingerprint density at radius 2 is 0.500 bits per heavy atom. The van der Waals surface area contributed by atoms with E-state index in [0.717, 1.165) is 0 Å². The Labute approximate surface area is 170 Å². The molecule has 0 saturated heterocycles. The number of ketones is 6. The van der Waals surface area contributed by atoms with E-state index in [4.69, 9.17) is 0 Å². The Hall–Kier alpha value is -0.461. The molecule has 0 radical (unpaired) electrons. The van der Waals surface area contributed by atoms with Crippen molar-refractivity contribution in [2.24, 2.45) is 0 Å². The fourth-order valence-electron chi connectivity index (χ4n) is 1.05. The molecule has 0 heterocycles. The van der Waals surface area contributed by atoms with E-state index in [-0.39, 0.29) is 101 Å². The molecule has 0 saturated carbocycles. The van der Waals surface area contributed by atoms with Crippen LogP contribution >= 0.6 is 0 Å². The molecule has 0 unspecified atom stereocenters. The molecule has 0 atom stereocenters. The summed E-state index contributed by atoms with van der Waals surface area (Å²) in [6.07, 6.45) is 0.250. The van der Waals surface area contributed by atoms with Crippen LogP contribution in [0.25, 0.3) is 0 Å². The normalized spacial score (nSPS) is 7.91. The van der Waals surface area contributed by atoms with Crippen LogP contribution in [-0.2, 0) is 28.8 Å². The molecule has 134 valence electrons. The zero-order valence-electron chi connectivity index (χ0n) is 13.8. The van der Waals surface area contributed by atoms with Crippen molar-refractivity contribution < 1.29 is 75.7 Å². The first-order valence-electron chi connectivity index (χ1n) is 6.35. The van der Waals surface area contributed by atoms with Crippen LogP contribution in [0.1, 0.15) is 60.8 Å². The van der Waals surface area contributed by atoms with Gasteiger partial charge in [0.1, 0.15) is 34.7 Å². The minimum Gasteiger partial charge on any atom is -0.300 e. The summed E-state index contributed by atoms with van der Waals surface area (Å²) in [4.78, 5) is 60.2. The summed E-state index contributed by atoms with van der Waals surface area (Å²) < 4.78 is 0. The molecule has 22 heavy (non-hydrogen) atoms. The number of carbonyl (C=O) groups excluding carboxylic acids is 6. The molecule has 0 aliphatic carbocycles. The second kappa shape index (κ2) is 18.6. The quantitative estimate of drug-likeness (QED) is 0.544. The van der Waals surface area contributed by atoms with Crippen molar-refractivity contribution in [3.8, 4) is 0 Å². The molecule has 0 rings (SSSR count). The van der Waals surface area contributed by atoms with Crippen molar-refractivity contribution in [1.82, 2.24) is 0 Å². The van der Waals surface area contributed by atoms with Crippen molar-refractivity contribution in [2.75, 3.05) is 0 Å². The summed E-state index contributed by atoms with van der Waals surface area (Å²) in [6, 6.07) is 0. The predicted molar refractivity (Wildman–Crippen MR) is 77.9 cm³/mol. The fourth-order valence-corrected chi connectivity index (χ4v) is 1.05. The van der Waals surface area contributed by atoms with E-state index in [1.165, 1.54) is 41.5 Å². The van der Waals surface area contributed by atoms with Crippen LogP contribution in [0.15, 0.2) is 0 Å².